The summed E-state index contributed by atoms with van der Waals surface area (Å²) < 4.78 is 34.3. The quantitative estimate of drug-likeness (QED) is 0.541. The van der Waals surface area contributed by atoms with E-state index in [-0.39, 0.29) is 6.42 Å². The molecule has 27 heavy (non-hydrogen) atoms. The van der Waals surface area contributed by atoms with Crippen LogP contribution in [0, 0.1) is 11.8 Å². The molecular weight excluding hydrogens is 350 g/mol. The fraction of sp³-hybridized carbons (Fsp3) is 0.619. The van der Waals surface area contributed by atoms with Crippen LogP contribution in [0.3, 0.4) is 0 Å². The van der Waals surface area contributed by atoms with Crippen LogP contribution in [-0.4, -0.2) is 17.1 Å². The van der Waals surface area contributed by atoms with Gasteiger partial charge in [0.05, 0.1) is 18.1 Å². The van der Waals surface area contributed by atoms with Crippen molar-refractivity contribution < 1.29 is 13.5 Å². The van der Waals surface area contributed by atoms with Crippen LogP contribution in [0.1, 0.15) is 65.0 Å². The van der Waals surface area contributed by atoms with Gasteiger partial charge < -0.3 is 9.72 Å². The van der Waals surface area contributed by atoms with Crippen molar-refractivity contribution in [1.82, 2.24) is 9.97 Å². The second-order valence-corrected chi connectivity index (χ2v) is 7.49. The molecule has 4 nitrogen and oxygen atoms in total. The Morgan fingerprint density at radius 1 is 1.19 bits per heavy atom. The molecule has 2 aromatic rings. The number of hydrogen-bond donors (Lipinski definition) is 1. The predicted molar refractivity (Wildman–Crippen MR) is 105 cm³/mol. The number of hydrogen-bond acceptors (Lipinski definition) is 3. The van der Waals surface area contributed by atoms with Crippen LogP contribution in [0.25, 0.3) is 11.0 Å². The number of ether oxygens (including phenoxy) is 1. The highest BCUT2D eigenvalue weighted by Crippen LogP contribution is 2.32. The highest BCUT2D eigenvalue weighted by atomic mass is 19.3. The van der Waals surface area contributed by atoms with Crippen LogP contribution in [0.5, 0.6) is 5.75 Å². The molecule has 0 amide bonds. The summed E-state index contributed by atoms with van der Waals surface area (Å²) in [6.45, 7) is 6.56. The largest absolute Gasteiger partial charge is 0.497 e. The van der Waals surface area contributed by atoms with Gasteiger partial charge in [0.1, 0.15) is 5.75 Å². The van der Waals surface area contributed by atoms with Gasteiger partial charge in [-0.05, 0) is 30.4 Å². The van der Waals surface area contributed by atoms with E-state index in [1.54, 1.807) is 18.2 Å². The van der Waals surface area contributed by atoms with Gasteiger partial charge in [-0.3, -0.25) is 4.79 Å². The van der Waals surface area contributed by atoms with Crippen LogP contribution in [0.2, 0.25) is 0 Å². The van der Waals surface area contributed by atoms with Gasteiger partial charge in [-0.15, -0.1) is 0 Å². The van der Waals surface area contributed by atoms with E-state index in [1.165, 1.54) is 13.5 Å². The number of methoxy groups -OCH3 is 1. The highest BCUT2D eigenvalue weighted by Gasteiger charge is 2.36. The van der Waals surface area contributed by atoms with Crippen LogP contribution in [0.15, 0.2) is 23.0 Å². The van der Waals surface area contributed by atoms with Gasteiger partial charge in [0.15, 0.2) is 5.69 Å². The third kappa shape index (κ3) is 5.50. The van der Waals surface area contributed by atoms with Gasteiger partial charge in [0.2, 0.25) is 0 Å². The average Bonchev–Trinajstić information content (AvgIpc) is 2.64. The third-order valence-electron chi connectivity index (χ3n) is 5.36. The minimum atomic E-state index is -3.24. The number of rotatable bonds is 10. The first-order valence-corrected chi connectivity index (χ1v) is 9.74. The molecule has 0 saturated heterocycles. The molecule has 150 valence electrons. The van der Waals surface area contributed by atoms with Gasteiger partial charge in [-0.1, -0.05) is 46.5 Å². The van der Waals surface area contributed by atoms with Crippen molar-refractivity contribution in [2.45, 2.75) is 65.2 Å². The van der Waals surface area contributed by atoms with E-state index in [4.69, 9.17) is 4.74 Å². The van der Waals surface area contributed by atoms with Crippen LogP contribution in [0.4, 0.5) is 8.78 Å². The van der Waals surface area contributed by atoms with Gasteiger partial charge >= 0.3 is 0 Å². The number of alkyl halides is 2. The zero-order valence-electron chi connectivity index (χ0n) is 16.6. The predicted octanol–water partition coefficient (Wildman–Crippen LogP) is 5.66. The molecule has 0 saturated carbocycles. The first-order chi connectivity index (χ1) is 12.8. The maximum atomic E-state index is 14.6. The zero-order chi connectivity index (χ0) is 20.0. The molecule has 1 aromatic heterocycles. The molecule has 2 rings (SSSR count). The number of unbranched alkanes of at least 4 members (excludes halogenated alkanes) is 1. The fourth-order valence-corrected chi connectivity index (χ4v) is 3.40. The highest BCUT2D eigenvalue weighted by molar-refractivity contribution is 5.75. The lowest BCUT2D eigenvalue weighted by molar-refractivity contribution is -0.0216. The minimum Gasteiger partial charge on any atom is -0.497 e. The Balaban J connectivity index is 2.03. The Morgan fingerprint density at radius 2 is 1.89 bits per heavy atom. The van der Waals surface area contributed by atoms with Crippen molar-refractivity contribution in [3.63, 3.8) is 0 Å². The zero-order valence-corrected chi connectivity index (χ0v) is 16.6. The fourth-order valence-electron chi connectivity index (χ4n) is 3.40. The third-order valence-corrected chi connectivity index (χ3v) is 5.36. The molecule has 1 heterocycles. The van der Waals surface area contributed by atoms with Gasteiger partial charge in [-0.2, -0.15) is 8.78 Å². The molecule has 0 bridgehead atoms. The minimum absolute atomic E-state index is 0.326. The van der Waals surface area contributed by atoms with E-state index in [0.717, 1.165) is 19.3 Å². The van der Waals surface area contributed by atoms with Crippen molar-refractivity contribution in [3.8, 4) is 5.75 Å². The average molecular weight is 380 g/mol. The Morgan fingerprint density at radius 3 is 2.56 bits per heavy atom. The lowest BCUT2D eigenvalue weighted by Crippen LogP contribution is -2.27. The van der Waals surface area contributed by atoms with Crippen molar-refractivity contribution in [2.24, 2.45) is 11.8 Å². The molecule has 2 atom stereocenters. The molecule has 1 aromatic carbocycles. The SMILES string of the molecule is CCCC(C)C(C)CCCCC(F)(F)c1nc2ccc(OC)cc2[nH]c1=O. The summed E-state index contributed by atoms with van der Waals surface area (Å²) in [5, 5.41) is 0. The molecule has 2 unspecified atom stereocenters. The van der Waals surface area contributed by atoms with Crippen molar-refractivity contribution in [1.29, 1.82) is 0 Å². The number of nitrogens with zero attached hydrogens (tertiary/aromatic N) is 1. The molecule has 6 heteroatoms. The first kappa shape index (κ1) is 21.3. The Bertz CT molecular complexity index is 804. The molecule has 0 aliphatic carbocycles. The lowest BCUT2D eigenvalue weighted by Gasteiger charge is -2.20. The monoisotopic (exact) mass is 380 g/mol. The lowest BCUT2D eigenvalue weighted by atomic mass is 9.87. The van der Waals surface area contributed by atoms with E-state index in [2.05, 4.69) is 30.7 Å². The summed E-state index contributed by atoms with van der Waals surface area (Å²) >= 11 is 0. The van der Waals surface area contributed by atoms with Gasteiger partial charge in [-0.25, -0.2) is 4.98 Å². The van der Waals surface area contributed by atoms with Crippen LogP contribution >= 0.6 is 0 Å². The maximum Gasteiger partial charge on any atom is 0.295 e. The van der Waals surface area contributed by atoms with E-state index in [1.807, 2.05) is 0 Å². The number of aromatic nitrogens is 2. The molecule has 0 spiro atoms. The van der Waals surface area contributed by atoms with E-state index >= 15 is 0 Å². The second-order valence-electron chi connectivity index (χ2n) is 7.49. The van der Waals surface area contributed by atoms with Crippen LogP contribution < -0.4 is 10.3 Å². The number of aromatic amines is 1. The van der Waals surface area contributed by atoms with E-state index in [0.29, 0.717) is 35.0 Å². The molecule has 0 aliphatic heterocycles. The molecule has 0 fully saturated rings. The number of fused-ring (bicyclic) bond motifs is 1. The Kier molecular flexibility index (Phi) is 7.33. The van der Waals surface area contributed by atoms with E-state index in [9.17, 15) is 13.6 Å². The molecule has 1 N–H and O–H groups in total. The Labute approximate surface area is 159 Å². The summed E-state index contributed by atoms with van der Waals surface area (Å²) in [6, 6.07) is 4.78. The standard InChI is InChI=1S/C21H30F2N2O2/c1-5-8-14(2)15(3)9-6-7-12-21(22,23)19-20(26)25-18-13-16(27-4)10-11-17(18)24-19/h10-11,13-15H,5-9,12H2,1-4H3,(H,25,26). The number of halogens is 2. The van der Waals surface area contributed by atoms with E-state index < -0.39 is 17.2 Å². The van der Waals surface area contributed by atoms with Crippen molar-refractivity contribution in [2.75, 3.05) is 7.11 Å². The number of benzene rings is 1. The second kappa shape index (κ2) is 9.29. The summed E-state index contributed by atoms with van der Waals surface area (Å²) in [6.07, 6.45) is 3.98. The maximum absolute atomic E-state index is 14.6. The Hall–Kier alpha value is -1.98. The molecule has 0 radical (unpaired) electrons. The van der Waals surface area contributed by atoms with Gasteiger partial charge in [0, 0.05) is 12.5 Å². The summed E-state index contributed by atoms with van der Waals surface area (Å²) in [4.78, 5) is 18.6. The number of H-pyrrole nitrogens is 1. The normalized spacial score (nSPS) is 14.3. The molecular formula is C21H30F2N2O2. The van der Waals surface area contributed by atoms with Crippen molar-refractivity contribution in [3.05, 3.63) is 34.2 Å². The van der Waals surface area contributed by atoms with Crippen molar-refractivity contribution >= 4 is 11.0 Å². The van der Waals surface area contributed by atoms with Gasteiger partial charge in [0.25, 0.3) is 11.5 Å². The summed E-state index contributed by atoms with van der Waals surface area (Å²) in [7, 11) is 1.50. The number of nitrogens with one attached hydrogen (secondary N) is 1. The first-order valence-electron chi connectivity index (χ1n) is 9.74. The summed E-state index contributed by atoms with van der Waals surface area (Å²) in [5.74, 6) is -1.57. The molecule has 0 aliphatic rings. The smallest absolute Gasteiger partial charge is 0.295 e. The summed E-state index contributed by atoms with van der Waals surface area (Å²) in [5.41, 5.74) is -0.831. The topological polar surface area (TPSA) is 55.0 Å². The van der Waals surface area contributed by atoms with Crippen LogP contribution in [-0.2, 0) is 5.92 Å².